The van der Waals surface area contributed by atoms with Gasteiger partial charge in [0, 0.05) is 17.0 Å². The second kappa shape index (κ2) is 10.2. The molecular weight excluding hydrogens is 275 g/mol. The van der Waals surface area contributed by atoms with Gasteiger partial charge in [0.1, 0.15) is 0 Å². The van der Waals surface area contributed by atoms with Crippen LogP contribution in [-0.2, 0) is 12.8 Å². The van der Waals surface area contributed by atoms with Gasteiger partial charge in [-0.25, -0.2) is 0 Å². The summed E-state index contributed by atoms with van der Waals surface area (Å²) in [6, 6.07) is 2.77. The molecule has 0 saturated heterocycles. The Morgan fingerprint density at radius 2 is 1.59 bits per heavy atom. The molecule has 1 heterocycles. The van der Waals surface area contributed by atoms with E-state index >= 15 is 0 Å². The molecule has 1 aromatic rings. The highest BCUT2D eigenvalue weighted by atomic mass is 35.5. The van der Waals surface area contributed by atoms with Gasteiger partial charge in [0.2, 0.25) is 0 Å². The Labute approximate surface area is 121 Å². The smallest absolute Gasteiger partial charge is 0.00932 e. The first-order valence-electron chi connectivity index (χ1n) is 5.73. The zero-order valence-corrected chi connectivity index (χ0v) is 13.0. The van der Waals surface area contributed by atoms with E-state index < -0.39 is 0 Å². The first-order chi connectivity index (χ1) is 7.17. The Morgan fingerprint density at radius 3 is 2.12 bits per heavy atom. The fourth-order valence-electron chi connectivity index (χ4n) is 1.54. The maximum atomic E-state index is 5.97. The third kappa shape index (κ3) is 6.63. The van der Waals surface area contributed by atoms with Crippen LogP contribution in [0.5, 0.6) is 0 Å². The highest BCUT2D eigenvalue weighted by Crippen LogP contribution is 2.20. The lowest BCUT2D eigenvalue weighted by Crippen LogP contribution is -2.24. The molecule has 0 spiro atoms. The number of rotatable bonds is 6. The van der Waals surface area contributed by atoms with Gasteiger partial charge in [0.15, 0.2) is 0 Å². The van der Waals surface area contributed by atoms with E-state index in [-0.39, 0.29) is 30.9 Å². The fourth-order valence-corrected chi connectivity index (χ4v) is 2.55. The van der Waals surface area contributed by atoms with E-state index in [0.717, 1.165) is 25.7 Å². The number of nitrogens with two attached hydrogens (primary N) is 2. The van der Waals surface area contributed by atoms with Crippen LogP contribution in [0.4, 0.5) is 0 Å². The Bertz CT molecular complexity index is 265. The molecule has 0 fully saturated rings. The number of hydrogen-bond acceptors (Lipinski definition) is 3. The van der Waals surface area contributed by atoms with E-state index in [1.807, 2.05) is 11.3 Å². The Balaban J connectivity index is 0. The predicted octanol–water partition coefficient (Wildman–Crippen LogP) is 3.15. The van der Waals surface area contributed by atoms with Crippen molar-refractivity contribution < 1.29 is 0 Å². The molecule has 102 valence electrons. The molecule has 1 rings (SSSR count). The van der Waals surface area contributed by atoms with Crippen molar-refractivity contribution in [3.05, 3.63) is 21.9 Å². The van der Waals surface area contributed by atoms with E-state index in [1.54, 1.807) is 0 Å². The quantitative estimate of drug-likeness (QED) is 0.848. The van der Waals surface area contributed by atoms with E-state index in [2.05, 4.69) is 25.3 Å². The van der Waals surface area contributed by atoms with Crippen molar-refractivity contribution in [2.45, 2.75) is 51.6 Å². The lowest BCUT2D eigenvalue weighted by atomic mass is 10.0. The van der Waals surface area contributed by atoms with Gasteiger partial charge in [-0.1, -0.05) is 13.8 Å². The molecule has 4 N–H and O–H groups in total. The van der Waals surface area contributed by atoms with Gasteiger partial charge >= 0.3 is 0 Å². The molecule has 0 aliphatic heterocycles. The van der Waals surface area contributed by atoms with Crippen molar-refractivity contribution in [3.8, 4) is 0 Å². The maximum Gasteiger partial charge on any atom is 0.00932 e. The van der Waals surface area contributed by atoms with Gasteiger partial charge in [-0.15, -0.1) is 36.2 Å². The molecule has 0 amide bonds. The minimum absolute atomic E-state index is 0. The van der Waals surface area contributed by atoms with Crippen molar-refractivity contribution in [2.75, 3.05) is 0 Å². The highest BCUT2D eigenvalue weighted by Gasteiger charge is 2.10. The summed E-state index contributed by atoms with van der Waals surface area (Å²) in [5, 5.41) is 2.15. The second-order valence-corrected chi connectivity index (χ2v) is 5.11. The summed E-state index contributed by atoms with van der Waals surface area (Å²) in [5.41, 5.74) is 13.3. The summed E-state index contributed by atoms with van der Waals surface area (Å²) >= 11 is 1.81. The van der Waals surface area contributed by atoms with Crippen LogP contribution >= 0.6 is 36.2 Å². The van der Waals surface area contributed by atoms with Crippen LogP contribution in [-0.4, -0.2) is 12.1 Å². The highest BCUT2D eigenvalue weighted by molar-refractivity contribution is 7.10. The van der Waals surface area contributed by atoms with Crippen molar-refractivity contribution in [2.24, 2.45) is 11.5 Å². The summed E-state index contributed by atoms with van der Waals surface area (Å²) in [6.07, 6.45) is 4.07. The van der Waals surface area contributed by atoms with Crippen molar-refractivity contribution in [1.82, 2.24) is 0 Å². The van der Waals surface area contributed by atoms with Crippen LogP contribution in [0.15, 0.2) is 11.4 Å². The van der Waals surface area contributed by atoms with Gasteiger partial charge in [-0.2, -0.15) is 0 Å². The van der Waals surface area contributed by atoms with Crippen molar-refractivity contribution in [3.63, 3.8) is 0 Å². The standard InChI is InChI=1S/C12H22N2S.2ClH/c1-3-10(13)7-9-5-6-15-12(9)8-11(14)4-2;;/h5-6,10-11H,3-4,7-8,13-14H2,1-2H3;2*1H. The number of thiophene rings is 1. The van der Waals surface area contributed by atoms with Crippen LogP contribution < -0.4 is 11.5 Å². The molecular formula is C12H24Cl2N2S. The minimum Gasteiger partial charge on any atom is -0.327 e. The Hall–Kier alpha value is 0.200. The van der Waals surface area contributed by atoms with E-state index in [9.17, 15) is 0 Å². The number of hydrogen-bond donors (Lipinski definition) is 2. The van der Waals surface area contributed by atoms with Gasteiger partial charge in [-0.3, -0.25) is 0 Å². The molecule has 0 bridgehead atoms. The molecule has 2 unspecified atom stereocenters. The lowest BCUT2D eigenvalue weighted by molar-refractivity contribution is 0.626. The molecule has 0 aliphatic carbocycles. The molecule has 2 nitrogen and oxygen atoms in total. The zero-order chi connectivity index (χ0) is 11.3. The minimum atomic E-state index is 0. The molecule has 0 aromatic carbocycles. The summed E-state index contributed by atoms with van der Waals surface area (Å²) in [7, 11) is 0. The average molecular weight is 299 g/mol. The normalized spacial score (nSPS) is 13.4. The molecule has 2 atom stereocenters. The lowest BCUT2D eigenvalue weighted by Gasteiger charge is -2.12. The zero-order valence-electron chi connectivity index (χ0n) is 10.5. The number of halogens is 2. The van der Waals surface area contributed by atoms with Crippen molar-refractivity contribution in [1.29, 1.82) is 0 Å². The van der Waals surface area contributed by atoms with Gasteiger partial charge in [0.25, 0.3) is 0 Å². The first kappa shape index (κ1) is 19.5. The first-order valence-corrected chi connectivity index (χ1v) is 6.61. The van der Waals surface area contributed by atoms with E-state index in [0.29, 0.717) is 6.04 Å². The van der Waals surface area contributed by atoms with Crippen LogP contribution in [0.25, 0.3) is 0 Å². The molecule has 1 aromatic heterocycles. The SMILES string of the molecule is CCC(N)Cc1ccsc1CC(N)CC.Cl.Cl. The predicted molar refractivity (Wildman–Crippen MR) is 82.8 cm³/mol. The van der Waals surface area contributed by atoms with E-state index in [1.165, 1.54) is 10.4 Å². The molecule has 0 radical (unpaired) electrons. The topological polar surface area (TPSA) is 52.0 Å². The molecule has 0 saturated carbocycles. The van der Waals surface area contributed by atoms with Crippen LogP contribution in [0.1, 0.15) is 37.1 Å². The van der Waals surface area contributed by atoms with Gasteiger partial charge < -0.3 is 11.5 Å². The third-order valence-electron chi connectivity index (χ3n) is 2.82. The van der Waals surface area contributed by atoms with Crippen molar-refractivity contribution >= 4 is 36.2 Å². The molecule has 5 heteroatoms. The average Bonchev–Trinajstić information content (AvgIpc) is 2.65. The maximum absolute atomic E-state index is 5.97. The third-order valence-corrected chi connectivity index (χ3v) is 3.80. The largest absolute Gasteiger partial charge is 0.327 e. The fraction of sp³-hybridized carbons (Fsp3) is 0.667. The van der Waals surface area contributed by atoms with Gasteiger partial charge in [0.05, 0.1) is 0 Å². The Kier molecular flexibility index (Phi) is 11.7. The summed E-state index contributed by atoms with van der Waals surface area (Å²) in [4.78, 5) is 1.42. The summed E-state index contributed by atoms with van der Waals surface area (Å²) in [6.45, 7) is 4.27. The monoisotopic (exact) mass is 298 g/mol. The van der Waals surface area contributed by atoms with Crippen LogP contribution in [0.2, 0.25) is 0 Å². The molecule has 0 aliphatic rings. The van der Waals surface area contributed by atoms with Crippen LogP contribution in [0.3, 0.4) is 0 Å². The molecule has 17 heavy (non-hydrogen) atoms. The van der Waals surface area contributed by atoms with Gasteiger partial charge in [-0.05, 0) is 42.7 Å². The summed E-state index contributed by atoms with van der Waals surface area (Å²) < 4.78 is 0. The Morgan fingerprint density at radius 1 is 1.06 bits per heavy atom. The summed E-state index contributed by atoms with van der Waals surface area (Å²) in [5.74, 6) is 0. The van der Waals surface area contributed by atoms with E-state index in [4.69, 9.17) is 11.5 Å². The second-order valence-electron chi connectivity index (χ2n) is 4.11. The van der Waals surface area contributed by atoms with Crippen LogP contribution in [0, 0.1) is 0 Å².